The highest BCUT2D eigenvalue weighted by Gasteiger charge is 2.20. The lowest BCUT2D eigenvalue weighted by atomic mass is 9.87. The molecule has 22 heavy (non-hydrogen) atoms. The van der Waals surface area contributed by atoms with Gasteiger partial charge in [-0.1, -0.05) is 30.3 Å². The molecule has 3 heteroatoms. The van der Waals surface area contributed by atoms with E-state index in [9.17, 15) is 0 Å². The molecule has 0 atom stereocenters. The van der Waals surface area contributed by atoms with Gasteiger partial charge < -0.3 is 14.8 Å². The molecule has 0 unspecified atom stereocenters. The van der Waals surface area contributed by atoms with Crippen LogP contribution in [0.25, 0.3) is 0 Å². The lowest BCUT2D eigenvalue weighted by Crippen LogP contribution is -2.27. The van der Waals surface area contributed by atoms with E-state index in [0.717, 1.165) is 45.1 Å². The quantitative estimate of drug-likeness (QED) is 0.667. The Morgan fingerprint density at radius 1 is 1.00 bits per heavy atom. The molecular formula is C19H31NO2. The zero-order chi connectivity index (χ0) is 15.5. The zero-order valence-corrected chi connectivity index (χ0v) is 13.9. The fourth-order valence-electron chi connectivity index (χ4n) is 3.11. The molecule has 1 N–H and O–H groups in total. The third kappa shape index (κ3) is 6.91. The second-order valence-electron chi connectivity index (χ2n) is 6.32. The Morgan fingerprint density at radius 2 is 1.73 bits per heavy atom. The average molecular weight is 305 g/mol. The van der Waals surface area contributed by atoms with Gasteiger partial charge in [0.05, 0.1) is 12.7 Å². The van der Waals surface area contributed by atoms with Gasteiger partial charge in [-0.05, 0) is 63.6 Å². The first-order chi connectivity index (χ1) is 10.9. The molecule has 1 aromatic carbocycles. The van der Waals surface area contributed by atoms with Crippen molar-refractivity contribution in [1.29, 1.82) is 0 Å². The van der Waals surface area contributed by atoms with Crippen molar-refractivity contribution in [1.82, 2.24) is 5.32 Å². The zero-order valence-electron chi connectivity index (χ0n) is 13.9. The topological polar surface area (TPSA) is 30.5 Å². The molecule has 0 aromatic heterocycles. The Balaban J connectivity index is 1.42. The number of ether oxygens (including phenoxy) is 2. The third-order valence-corrected chi connectivity index (χ3v) is 4.43. The van der Waals surface area contributed by atoms with Crippen LogP contribution in [0.15, 0.2) is 30.3 Å². The molecule has 1 aliphatic carbocycles. The Labute approximate surface area is 135 Å². The number of benzene rings is 1. The molecule has 2 rings (SSSR count). The van der Waals surface area contributed by atoms with Gasteiger partial charge in [-0.25, -0.2) is 0 Å². The molecule has 1 fully saturated rings. The molecule has 0 bridgehead atoms. The average Bonchev–Trinajstić information content (AvgIpc) is 2.57. The minimum Gasteiger partial charge on any atom is -0.378 e. The summed E-state index contributed by atoms with van der Waals surface area (Å²) in [7, 11) is 2.04. The summed E-state index contributed by atoms with van der Waals surface area (Å²) in [6, 6.07) is 10.4. The van der Waals surface area contributed by atoms with E-state index in [1.807, 2.05) is 13.1 Å². The summed E-state index contributed by atoms with van der Waals surface area (Å²) in [5.74, 6) is 0.858. The van der Waals surface area contributed by atoms with Gasteiger partial charge >= 0.3 is 0 Å². The summed E-state index contributed by atoms with van der Waals surface area (Å²) >= 11 is 0. The molecule has 0 heterocycles. The number of hydrogen-bond acceptors (Lipinski definition) is 3. The second-order valence-corrected chi connectivity index (χ2v) is 6.32. The van der Waals surface area contributed by atoms with Gasteiger partial charge in [0.25, 0.3) is 0 Å². The van der Waals surface area contributed by atoms with Gasteiger partial charge in [-0.3, -0.25) is 0 Å². The predicted octanol–water partition coefficient (Wildman–Crippen LogP) is 3.78. The van der Waals surface area contributed by atoms with Gasteiger partial charge in [0.15, 0.2) is 0 Å². The Morgan fingerprint density at radius 3 is 2.45 bits per heavy atom. The first-order valence-electron chi connectivity index (χ1n) is 8.76. The van der Waals surface area contributed by atoms with Crippen LogP contribution in [0.2, 0.25) is 0 Å². The number of rotatable bonds is 10. The van der Waals surface area contributed by atoms with Crippen molar-refractivity contribution in [3.8, 4) is 0 Å². The lowest BCUT2D eigenvalue weighted by Gasteiger charge is -2.28. The van der Waals surface area contributed by atoms with Crippen molar-refractivity contribution in [2.75, 3.05) is 26.8 Å². The normalized spacial score (nSPS) is 21.9. The predicted molar refractivity (Wildman–Crippen MR) is 91.0 cm³/mol. The molecule has 124 valence electrons. The molecule has 3 nitrogen and oxygen atoms in total. The van der Waals surface area contributed by atoms with Crippen LogP contribution in [0.3, 0.4) is 0 Å². The molecule has 1 aromatic rings. The summed E-state index contributed by atoms with van der Waals surface area (Å²) in [6.45, 7) is 3.59. The van der Waals surface area contributed by atoms with Crippen LogP contribution < -0.4 is 5.32 Å². The fraction of sp³-hybridized carbons (Fsp3) is 0.684. The summed E-state index contributed by atoms with van der Waals surface area (Å²) < 4.78 is 11.7. The van der Waals surface area contributed by atoms with Gasteiger partial charge in [0.2, 0.25) is 0 Å². The Kier molecular flexibility index (Phi) is 8.54. The molecule has 0 amide bonds. The van der Waals surface area contributed by atoms with E-state index in [0.29, 0.717) is 6.10 Å². The van der Waals surface area contributed by atoms with Gasteiger partial charge in [-0.15, -0.1) is 0 Å². The number of hydrogen-bond donors (Lipinski definition) is 1. The summed E-state index contributed by atoms with van der Waals surface area (Å²) in [4.78, 5) is 0. The molecule has 0 saturated heterocycles. The highest BCUT2D eigenvalue weighted by molar-refractivity contribution is 5.13. The van der Waals surface area contributed by atoms with E-state index in [2.05, 4.69) is 29.6 Å². The van der Waals surface area contributed by atoms with Crippen molar-refractivity contribution in [3.63, 3.8) is 0 Å². The smallest absolute Gasteiger partial charge is 0.0716 e. The van der Waals surface area contributed by atoms with E-state index < -0.39 is 0 Å². The van der Waals surface area contributed by atoms with E-state index >= 15 is 0 Å². The van der Waals surface area contributed by atoms with Crippen LogP contribution in [0, 0.1) is 5.92 Å². The lowest BCUT2D eigenvalue weighted by molar-refractivity contribution is 0.0129. The van der Waals surface area contributed by atoms with Crippen molar-refractivity contribution in [2.45, 2.75) is 51.2 Å². The molecule has 0 spiro atoms. The first kappa shape index (κ1) is 17.5. The maximum Gasteiger partial charge on any atom is 0.0716 e. The minimum absolute atomic E-state index is 0.498. The van der Waals surface area contributed by atoms with E-state index in [4.69, 9.17) is 9.47 Å². The second kappa shape index (κ2) is 10.8. The van der Waals surface area contributed by atoms with E-state index in [1.165, 1.54) is 31.2 Å². The summed E-state index contributed by atoms with van der Waals surface area (Å²) in [5, 5.41) is 3.28. The van der Waals surface area contributed by atoms with Crippen molar-refractivity contribution in [3.05, 3.63) is 35.9 Å². The highest BCUT2D eigenvalue weighted by atomic mass is 16.5. The monoisotopic (exact) mass is 305 g/mol. The third-order valence-electron chi connectivity index (χ3n) is 4.43. The summed E-state index contributed by atoms with van der Waals surface area (Å²) in [6.07, 6.45) is 7.77. The van der Waals surface area contributed by atoms with Crippen LogP contribution in [-0.4, -0.2) is 32.9 Å². The van der Waals surface area contributed by atoms with Crippen LogP contribution in [0.5, 0.6) is 0 Å². The fourth-order valence-corrected chi connectivity index (χ4v) is 3.11. The number of unbranched alkanes of at least 4 members (excludes halogenated alkanes) is 1. The highest BCUT2D eigenvalue weighted by Crippen LogP contribution is 2.25. The molecule has 1 saturated carbocycles. The molecule has 1 aliphatic rings. The first-order valence-corrected chi connectivity index (χ1v) is 8.76. The van der Waals surface area contributed by atoms with Crippen LogP contribution >= 0.6 is 0 Å². The number of nitrogens with one attached hydrogen (secondary N) is 1. The van der Waals surface area contributed by atoms with Crippen molar-refractivity contribution < 1.29 is 9.47 Å². The largest absolute Gasteiger partial charge is 0.378 e. The van der Waals surface area contributed by atoms with E-state index in [1.54, 1.807) is 0 Å². The summed E-state index contributed by atoms with van der Waals surface area (Å²) in [5.41, 5.74) is 1.25. The Bertz CT molecular complexity index is 374. The van der Waals surface area contributed by atoms with E-state index in [-0.39, 0.29) is 0 Å². The Hall–Kier alpha value is -0.900. The maximum absolute atomic E-state index is 6.00. The van der Waals surface area contributed by atoms with Crippen LogP contribution in [-0.2, 0) is 16.1 Å². The minimum atomic E-state index is 0.498. The van der Waals surface area contributed by atoms with Crippen molar-refractivity contribution in [2.24, 2.45) is 5.92 Å². The molecule has 0 aliphatic heterocycles. The standard InChI is InChI=1S/C19H31NO2/c1-20-15-17-9-11-19(12-10-17)22-14-6-5-13-21-16-18-7-3-2-4-8-18/h2-4,7-8,17,19-20H,5-6,9-16H2,1H3. The van der Waals surface area contributed by atoms with Gasteiger partial charge in [0, 0.05) is 13.2 Å². The molecule has 0 radical (unpaired) electrons. The maximum atomic E-state index is 6.00. The molecular weight excluding hydrogens is 274 g/mol. The van der Waals surface area contributed by atoms with Crippen LogP contribution in [0.1, 0.15) is 44.1 Å². The van der Waals surface area contributed by atoms with Gasteiger partial charge in [0.1, 0.15) is 0 Å². The SMILES string of the molecule is CNCC1CCC(OCCCCOCc2ccccc2)CC1. The van der Waals surface area contributed by atoms with Crippen molar-refractivity contribution >= 4 is 0 Å². The van der Waals surface area contributed by atoms with Crippen LogP contribution in [0.4, 0.5) is 0 Å². The van der Waals surface area contributed by atoms with Gasteiger partial charge in [-0.2, -0.15) is 0 Å².